The van der Waals surface area contributed by atoms with Gasteiger partial charge in [0.25, 0.3) is 0 Å². The number of Topliss-reactive ketones (excluding diaryl/α,β-unsaturated/α-hetero) is 1. The van der Waals surface area contributed by atoms with Crippen LogP contribution in [-0.4, -0.2) is 58.1 Å². The van der Waals surface area contributed by atoms with E-state index in [-0.39, 0.29) is 17.9 Å². The largest absolute Gasteiger partial charge is 0.416 e. The molecule has 2 aromatic heterocycles. The monoisotopic (exact) mass is 532 g/mol. The Morgan fingerprint density at radius 2 is 1.82 bits per heavy atom. The highest BCUT2D eigenvalue weighted by Crippen LogP contribution is 2.29. The minimum atomic E-state index is -4.49. The maximum atomic E-state index is 13.0. The van der Waals surface area contributed by atoms with Crippen LogP contribution in [-0.2, 0) is 23.9 Å². The third-order valence-corrected chi connectivity index (χ3v) is 6.77. The summed E-state index contributed by atoms with van der Waals surface area (Å²) in [5, 5.41) is 0. The van der Waals surface area contributed by atoms with Crippen LogP contribution in [0.4, 0.5) is 13.2 Å². The second-order valence-corrected chi connectivity index (χ2v) is 9.51. The molecule has 39 heavy (non-hydrogen) atoms. The summed E-state index contributed by atoms with van der Waals surface area (Å²) in [5.41, 5.74) is 3.89. The van der Waals surface area contributed by atoms with Crippen molar-refractivity contribution in [2.75, 3.05) is 32.8 Å². The summed E-state index contributed by atoms with van der Waals surface area (Å²) >= 11 is 0. The Bertz CT molecular complexity index is 1560. The number of aryl methyl sites for hydroxylation is 1. The predicted molar refractivity (Wildman–Crippen MR) is 141 cm³/mol. The number of ether oxygens (including phenoxy) is 1. The molecular formula is C30H27F3N4O2. The van der Waals surface area contributed by atoms with Crippen molar-refractivity contribution in [2.24, 2.45) is 0 Å². The van der Waals surface area contributed by atoms with E-state index in [9.17, 15) is 18.0 Å². The number of hydrogen-bond acceptors (Lipinski definition) is 5. The van der Waals surface area contributed by atoms with Crippen LogP contribution >= 0.6 is 0 Å². The highest BCUT2D eigenvalue weighted by Gasteiger charge is 2.30. The summed E-state index contributed by atoms with van der Waals surface area (Å²) < 4.78 is 46.6. The Morgan fingerprint density at radius 3 is 2.62 bits per heavy atom. The number of carbonyl (C=O) groups excluding carboxylic acids is 1. The van der Waals surface area contributed by atoms with Crippen molar-refractivity contribution in [3.63, 3.8) is 0 Å². The number of rotatable bonds is 6. The zero-order chi connectivity index (χ0) is 27.4. The first-order valence-electron chi connectivity index (χ1n) is 12.7. The fraction of sp³-hybridized carbons (Fsp3) is 0.300. The number of carbonyl (C=O) groups is 1. The van der Waals surface area contributed by atoms with E-state index in [1.165, 1.54) is 0 Å². The molecule has 0 amide bonds. The molecule has 1 saturated heterocycles. The minimum absolute atomic E-state index is 0.0701. The molecule has 2 aromatic carbocycles. The molecule has 0 aliphatic carbocycles. The summed E-state index contributed by atoms with van der Waals surface area (Å²) in [6.07, 6.45) is -1.80. The van der Waals surface area contributed by atoms with Crippen LogP contribution in [0.25, 0.3) is 11.0 Å². The van der Waals surface area contributed by atoms with E-state index in [1.54, 1.807) is 18.2 Å². The zero-order valence-electron chi connectivity index (χ0n) is 21.5. The number of hydrogen-bond donors (Lipinski definition) is 0. The maximum Gasteiger partial charge on any atom is 0.416 e. The van der Waals surface area contributed by atoms with Gasteiger partial charge in [-0.2, -0.15) is 13.2 Å². The van der Waals surface area contributed by atoms with Gasteiger partial charge in [0.15, 0.2) is 5.78 Å². The lowest BCUT2D eigenvalue weighted by Crippen LogP contribution is -2.38. The second-order valence-electron chi connectivity index (χ2n) is 9.51. The van der Waals surface area contributed by atoms with Gasteiger partial charge in [0, 0.05) is 54.8 Å². The van der Waals surface area contributed by atoms with Crippen molar-refractivity contribution in [3.05, 3.63) is 94.6 Å². The lowest BCUT2D eigenvalue weighted by atomic mass is 9.99. The Balaban J connectivity index is 1.29. The molecule has 0 atom stereocenters. The summed E-state index contributed by atoms with van der Waals surface area (Å²) in [7, 11) is 0. The van der Waals surface area contributed by atoms with Crippen LogP contribution in [0.3, 0.4) is 0 Å². The highest BCUT2D eigenvalue weighted by molar-refractivity contribution is 5.97. The van der Waals surface area contributed by atoms with Gasteiger partial charge in [-0.15, -0.1) is 0 Å². The first-order chi connectivity index (χ1) is 18.8. The van der Waals surface area contributed by atoms with E-state index in [0.29, 0.717) is 11.1 Å². The molecule has 3 heterocycles. The average Bonchev–Trinajstić information content (AvgIpc) is 3.34. The quantitative estimate of drug-likeness (QED) is 0.261. The van der Waals surface area contributed by atoms with E-state index < -0.39 is 11.7 Å². The molecule has 0 N–H and O–H groups in total. The zero-order valence-corrected chi connectivity index (χ0v) is 21.5. The van der Waals surface area contributed by atoms with E-state index in [4.69, 9.17) is 4.74 Å². The molecule has 6 nitrogen and oxygen atoms in total. The van der Waals surface area contributed by atoms with Crippen LogP contribution in [0.2, 0.25) is 0 Å². The fourth-order valence-electron chi connectivity index (χ4n) is 4.48. The van der Waals surface area contributed by atoms with Gasteiger partial charge < -0.3 is 9.30 Å². The molecule has 4 aromatic rings. The molecule has 1 fully saturated rings. The number of aromatic nitrogens is 3. The Hall–Kier alpha value is -4.00. The van der Waals surface area contributed by atoms with E-state index >= 15 is 0 Å². The Morgan fingerprint density at radius 1 is 1.00 bits per heavy atom. The smallest absolute Gasteiger partial charge is 0.379 e. The van der Waals surface area contributed by atoms with Gasteiger partial charge in [-0.1, -0.05) is 24.0 Å². The van der Waals surface area contributed by atoms with Crippen LogP contribution in [0.5, 0.6) is 0 Å². The molecule has 200 valence electrons. The summed E-state index contributed by atoms with van der Waals surface area (Å²) in [5.74, 6) is 5.97. The predicted octanol–water partition coefficient (Wildman–Crippen LogP) is 4.92. The standard InChI is InChI=1S/C30H27F3N4O2/c1-21-2-5-24(29(38)19-26-18-25(8-9-34-26)30(31,32)33)17-23(21)6-3-22-4-7-28-27(16-22)35-20-37(28)11-10-36-12-14-39-15-13-36/h2,4-5,7-9,16-18,20H,10-15,19H2,1H3. The lowest BCUT2D eigenvalue weighted by molar-refractivity contribution is -0.137. The van der Waals surface area contributed by atoms with Crippen molar-refractivity contribution in [3.8, 4) is 11.8 Å². The van der Waals surface area contributed by atoms with Gasteiger partial charge in [0.2, 0.25) is 0 Å². The normalized spacial score (nSPS) is 14.3. The number of benzene rings is 2. The van der Waals surface area contributed by atoms with Gasteiger partial charge >= 0.3 is 6.18 Å². The van der Waals surface area contributed by atoms with Crippen molar-refractivity contribution < 1.29 is 22.7 Å². The minimum Gasteiger partial charge on any atom is -0.379 e. The molecule has 0 radical (unpaired) electrons. The molecule has 9 heteroatoms. The molecule has 0 unspecified atom stereocenters. The van der Waals surface area contributed by atoms with Gasteiger partial charge in [-0.05, 0) is 48.9 Å². The fourth-order valence-corrected chi connectivity index (χ4v) is 4.48. The number of imidazole rings is 1. The number of pyridine rings is 1. The molecular weight excluding hydrogens is 505 g/mol. The SMILES string of the molecule is Cc1ccc(C(=O)Cc2cc(C(F)(F)F)ccn2)cc1C#Cc1ccc2c(c1)ncn2CCN1CCOCC1. The topological polar surface area (TPSA) is 60.2 Å². The Labute approximate surface area is 224 Å². The average molecular weight is 533 g/mol. The third kappa shape index (κ3) is 6.53. The number of halogens is 3. The first-order valence-corrected chi connectivity index (χ1v) is 12.7. The second kappa shape index (κ2) is 11.4. The molecule has 0 spiro atoms. The van der Waals surface area contributed by atoms with E-state index in [2.05, 4.69) is 31.3 Å². The summed E-state index contributed by atoms with van der Waals surface area (Å²) in [6, 6.07) is 12.8. The van der Waals surface area contributed by atoms with Crippen molar-refractivity contribution in [2.45, 2.75) is 26.1 Å². The van der Waals surface area contributed by atoms with E-state index in [1.807, 2.05) is 31.5 Å². The van der Waals surface area contributed by atoms with E-state index in [0.717, 1.165) is 79.9 Å². The first kappa shape index (κ1) is 26.6. The van der Waals surface area contributed by atoms with Crippen LogP contribution in [0, 0.1) is 18.8 Å². The summed E-state index contributed by atoms with van der Waals surface area (Å²) in [4.78, 5) is 23.7. The highest BCUT2D eigenvalue weighted by atomic mass is 19.4. The maximum absolute atomic E-state index is 13.0. The van der Waals surface area contributed by atoms with Crippen LogP contribution < -0.4 is 0 Å². The van der Waals surface area contributed by atoms with Crippen LogP contribution in [0.1, 0.15) is 38.3 Å². The molecule has 1 aliphatic heterocycles. The van der Waals surface area contributed by atoms with Gasteiger partial charge in [-0.3, -0.25) is 14.7 Å². The number of alkyl halides is 3. The number of nitrogens with zero attached hydrogens (tertiary/aromatic N) is 4. The number of fused-ring (bicyclic) bond motifs is 1. The van der Waals surface area contributed by atoms with Gasteiger partial charge in [0.05, 0.1) is 42.6 Å². The van der Waals surface area contributed by atoms with Gasteiger partial charge in [0.1, 0.15) is 0 Å². The molecule has 1 aliphatic rings. The Kier molecular flexibility index (Phi) is 7.77. The number of morpholine rings is 1. The van der Waals surface area contributed by atoms with Crippen molar-refractivity contribution in [1.82, 2.24) is 19.4 Å². The molecule has 0 saturated carbocycles. The molecule has 0 bridgehead atoms. The third-order valence-electron chi connectivity index (χ3n) is 6.77. The number of ketones is 1. The van der Waals surface area contributed by atoms with Crippen molar-refractivity contribution >= 4 is 16.8 Å². The van der Waals surface area contributed by atoms with Gasteiger partial charge in [-0.25, -0.2) is 4.98 Å². The summed E-state index contributed by atoms with van der Waals surface area (Å²) in [6.45, 7) is 7.12. The molecule has 5 rings (SSSR count). The lowest BCUT2D eigenvalue weighted by Gasteiger charge is -2.26. The van der Waals surface area contributed by atoms with Crippen LogP contribution in [0.15, 0.2) is 61.1 Å². The van der Waals surface area contributed by atoms with Crippen molar-refractivity contribution in [1.29, 1.82) is 0 Å².